The van der Waals surface area contributed by atoms with E-state index >= 15 is 0 Å². The molecule has 6 heteroatoms. The lowest BCUT2D eigenvalue weighted by Gasteiger charge is -2.21. The zero-order chi connectivity index (χ0) is 22.6. The summed E-state index contributed by atoms with van der Waals surface area (Å²) in [5.74, 6) is 0.495. The number of thiazole rings is 1. The molecule has 1 amide bonds. The van der Waals surface area contributed by atoms with Gasteiger partial charge in [0.05, 0.1) is 10.7 Å². The van der Waals surface area contributed by atoms with Crippen LogP contribution in [0.5, 0.6) is 5.75 Å². The number of para-hydroxylation sites is 2. The third kappa shape index (κ3) is 4.91. The number of benzene rings is 3. The summed E-state index contributed by atoms with van der Waals surface area (Å²) in [6.45, 7) is 4.10. The molecule has 166 valence electrons. The number of anilines is 2. The summed E-state index contributed by atoms with van der Waals surface area (Å²) in [4.78, 5) is 19.8. The Hall–Kier alpha value is -3.64. The van der Waals surface area contributed by atoms with E-state index in [-0.39, 0.29) is 5.91 Å². The van der Waals surface area contributed by atoms with E-state index in [1.54, 1.807) is 23.5 Å². The molecule has 0 saturated carbocycles. The smallest absolute Gasteiger partial charge is 0.255 e. The van der Waals surface area contributed by atoms with Gasteiger partial charge in [0.15, 0.2) is 0 Å². The topological polar surface area (TPSA) is 54.5 Å². The van der Waals surface area contributed by atoms with Crippen LogP contribution >= 0.6 is 11.3 Å². The molecule has 0 radical (unpaired) electrons. The van der Waals surface area contributed by atoms with E-state index < -0.39 is 0 Å². The van der Waals surface area contributed by atoms with Gasteiger partial charge in [0.25, 0.3) is 5.91 Å². The van der Waals surface area contributed by atoms with Gasteiger partial charge in [0.1, 0.15) is 12.4 Å². The lowest BCUT2D eigenvalue weighted by atomic mass is 10.1. The summed E-state index contributed by atoms with van der Waals surface area (Å²) in [6.07, 6.45) is 1.05. The summed E-state index contributed by atoms with van der Waals surface area (Å²) in [5.41, 5.74) is 6.03. The summed E-state index contributed by atoms with van der Waals surface area (Å²) in [6, 6.07) is 23.8. The monoisotopic (exact) mass is 455 g/mol. The molecule has 0 atom stereocenters. The Morgan fingerprint density at radius 1 is 1.09 bits per heavy atom. The van der Waals surface area contributed by atoms with Gasteiger partial charge in [0.2, 0.25) is 0 Å². The maximum absolute atomic E-state index is 13.0. The van der Waals surface area contributed by atoms with Gasteiger partial charge in [-0.3, -0.25) is 4.79 Å². The molecule has 0 unspecified atom stereocenters. The van der Waals surface area contributed by atoms with Gasteiger partial charge in [0, 0.05) is 35.4 Å². The van der Waals surface area contributed by atoms with E-state index in [0.717, 1.165) is 41.5 Å². The van der Waals surface area contributed by atoms with Gasteiger partial charge >= 0.3 is 0 Å². The first-order valence-electron chi connectivity index (χ1n) is 11.0. The summed E-state index contributed by atoms with van der Waals surface area (Å²) in [5, 5.41) is 6.10. The van der Waals surface area contributed by atoms with Crippen LogP contribution in [0.15, 0.2) is 78.2 Å². The number of hydrogen-bond acceptors (Lipinski definition) is 5. The van der Waals surface area contributed by atoms with Crippen molar-refractivity contribution in [2.75, 3.05) is 16.8 Å². The van der Waals surface area contributed by atoms with Gasteiger partial charge in [-0.25, -0.2) is 4.98 Å². The van der Waals surface area contributed by atoms with Crippen molar-refractivity contribution < 1.29 is 9.53 Å². The van der Waals surface area contributed by atoms with Crippen LogP contribution in [0.2, 0.25) is 0 Å². The molecule has 0 spiro atoms. The van der Waals surface area contributed by atoms with Crippen molar-refractivity contribution in [3.8, 4) is 5.75 Å². The predicted molar refractivity (Wildman–Crippen MR) is 133 cm³/mol. The number of aromatic nitrogens is 1. The predicted octanol–water partition coefficient (Wildman–Crippen LogP) is 5.85. The van der Waals surface area contributed by atoms with Crippen molar-refractivity contribution in [3.63, 3.8) is 0 Å². The van der Waals surface area contributed by atoms with Crippen molar-refractivity contribution in [1.82, 2.24) is 4.98 Å². The molecule has 1 aliphatic heterocycles. The van der Waals surface area contributed by atoms with Crippen LogP contribution in [-0.2, 0) is 19.6 Å². The Morgan fingerprint density at radius 2 is 1.94 bits per heavy atom. The van der Waals surface area contributed by atoms with Crippen LogP contribution in [0.4, 0.5) is 11.4 Å². The van der Waals surface area contributed by atoms with Crippen molar-refractivity contribution in [3.05, 3.63) is 106 Å². The number of nitrogens with zero attached hydrogens (tertiary/aromatic N) is 2. The first-order chi connectivity index (χ1) is 16.2. The summed E-state index contributed by atoms with van der Waals surface area (Å²) >= 11 is 1.60. The molecule has 2 heterocycles. The number of carbonyl (C=O) groups is 1. The number of carbonyl (C=O) groups excluding carboxylic acids is 1. The number of ether oxygens (including phenoxy) is 1. The minimum Gasteiger partial charge on any atom is -0.487 e. The lowest BCUT2D eigenvalue weighted by molar-refractivity contribution is 0.102. The first-order valence-corrected chi connectivity index (χ1v) is 11.9. The Bertz CT molecular complexity index is 1280. The van der Waals surface area contributed by atoms with Crippen LogP contribution in [-0.4, -0.2) is 17.4 Å². The van der Waals surface area contributed by atoms with E-state index in [2.05, 4.69) is 45.5 Å². The van der Waals surface area contributed by atoms with Crippen molar-refractivity contribution in [2.45, 2.75) is 26.5 Å². The molecule has 4 aromatic rings. The van der Waals surface area contributed by atoms with Crippen LogP contribution in [0.1, 0.15) is 32.2 Å². The Morgan fingerprint density at radius 3 is 2.82 bits per heavy atom. The second-order valence-corrected chi connectivity index (χ2v) is 9.15. The number of rotatable bonds is 7. The van der Waals surface area contributed by atoms with Crippen LogP contribution in [0.3, 0.4) is 0 Å². The number of fused-ring (bicyclic) bond motifs is 1. The average Bonchev–Trinajstić information content (AvgIpc) is 3.45. The fraction of sp³-hybridized carbons (Fsp3) is 0.185. The molecular formula is C27H25N3O2S. The fourth-order valence-corrected chi connectivity index (χ4v) is 4.71. The second kappa shape index (κ2) is 9.46. The van der Waals surface area contributed by atoms with E-state index in [4.69, 9.17) is 4.74 Å². The molecule has 1 aliphatic rings. The zero-order valence-corrected chi connectivity index (χ0v) is 19.3. The normalized spacial score (nSPS) is 12.5. The SMILES string of the molecule is Cc1nc(COc2cccc(C(=O)Nc3ccccc3CN3CCc4ccccc43)c2)cs1. The molecule has 0 aliphatic carbocycles. The molecule has 3 aromatic carbocycles. The Labute approximate surface area is 197 Å². The number of nitrogens with one attached hydrogen (secondary N) is 1. The van der Waals surface area contributed by atoms with E-state index in [1.807, 2.05) is 42.6 Å². The van der Waals surface area contributed by atoms with Crippen molar-refractivity contribution in [1.29, 1.82) is 0 Å². The van der Waals surface area contributed by atoms with E-state index in [1.165, 1.54) is 11.3 Å². The maximum Gasteiger partial charge on any atom is 0.255 e. The molecule has 0 fully saturated rings. The number of amides is 1. The highest BCUT2D eigenvalue weighted by atomic mass is 32.1. The van der Waals surface area contributed by atoms with E-state index in [9.17, 15) is 4.79 Å². The second-order valence-electron chi connectivity index (χ2n) is 8.09. The summed E-state index contributed by atoms with van der Waals surface area (Å²) < 4.78 is 5.85. The molecule has 1 N–H and O–H groups in total. The first kappa shape index (κ1) is 21.2. The molecule has 5 nitrogen and oxygen atoms in total. The minimum atomic E-state index is -0.153. The van der Waals surface area contributed by atoms with E-state index in [0.29, 0.717) is 17.9 Å². The van der Waals surface area contributed by atoms with Crippen LogP contribution < -0.4 is 15.0 Å². The molecule has 0 bridgehead atoms. The van der Waals surface area contributed by atoms with Crippen LogP contribution in [0, 0.1) is 6.92 Å². The van der Waals surface area contributed by atoms with Gasteiger partial charge in [-0.1, -0.05) is 42.5 Å². The van der Waals surface area contributed by atoms with Gasteiger partial charge in [-0.05, 0) is 54.8 Å². The molecule has 0 saturated heterocycles. The van der Waals surface area contributed by atoms with Crippen molar-refractivity contribution in [2.24, 2.45) is 0 Å². The third-order valence-electron chi connectivity index (χ3n) is 5.76. The largest absolute Gasteiger partial charge is 0.487 e. The standard InChI is InChI=1S/C27H25N3O2S/c1-19-28-23(18-33-19)17-32-24-10-6-9-21(15-24)27(31)29-25-11-4-2-8-22(25)16-30-14-13-20-7-3-5-12-26(20)30/h2-12,15,18H,13-14,16-17H2,1H3,(H,29,31). The van der Waals surface area contributed by atoms with Gasteiger partial charge in [-0.2, -0.15) is 0 Å². The average molecular weight is 456 g/mol. The number of aryl methyl sites for hydroxylation is 1. The quantitative estimate of drug-likeness (QED) is 0.380. The van der Waals surface area contributed by atoms with Crippen molar-refractivity contribution >= 4 is 28.6 Å². The third-order valence-corrected chi connectivity index (χ3v) is 6.58. The molecule has 33 heavy (non-hydrogen) atoms. The molecule has 1 aromatic heterocycles. The molecular weight excluding hydrogens is 430 g/mol. The highest BCUT2D eigenvalue weighted by Crippen LogP contribution is 2.30. The highest BCUT2D eigenvalue weighted by Gasteiger charge is 2.20. The zero-order valence-electron chi connectivity index (χ0n) is 18.5. The fourth-order valence-electron chi connectivity index (χ4n) is 4.11. The van der Waals surface area contributed by atoms with Crippen LogP contribution in [0.25, 0.3) is 0 Å². The highest BCUT2D eigenvalue weighted by molar-refractivity contribution is 7.09. The molecule has 5 rings (SSSR count). The Kier molecular flexibility index (Phi) is 6.09. The maximum atomic E-state index is 13.0. The van der Waals surface area contributed by atoms with Gasteiger partial charge < -0.3 is 15.0 Å². The Balaban J connectivity index is 1.28. The number of hydrogen-bond donors (Lipinski definition) is 1. The minimum absolute atomic E-state index is 0.153. The summed E-state index contributed by atoms with van der Waals surface area (Å²) in [7, 11) is 0. The van der Waals surface area contributed by atoms with Gasteiger partial charge in [-0.15, -0.1) is 11.3 Å². The lowest BCUT2D eigenvalue weighted by Crippen LogP contribution is -2.21.